The van der Waals surface area contributed by atoms with E-state index in [9.17, 15) is 19.2 Å². The van der Waals surface area contributed by atoms with Crippen LogP contribution in [-0.2, 0) is 16.1 Å². The Morgan fingerprint density at radius 2 is 1.75 bits per heavy atom. The lowest BCUT2D eigenvalue weighted by Crippen LogP contribution is -2.54. The van der Waals surface area contributed by atoms with Gasteiger partial charge in [0.05, 0.1) is 11.1 Å². The van der Waals surface area contributed by atoms with Gasteiger partial charge in [-0.05, 0) is 74.2 Å². The summed E-state index contributed by atoms with van der Waals surface area (Å²) < 4.78 is 0. The molecule has 1 saturated carbocycles. The van der Waals surface area contributed by atoms with Crippen LogP contribution in [0.25, 0.3) is 0 Å². The van der Waals surface area contributed by atoms with Crippen LogP contribution < -0.4 is 16.0 Å². The molecule has 0 radical (unpaired) electrons. The van der Waals surface area contributed by atoms with E-state index >= 15 is 0 Å². The van der Waals surface area contributed by atoms with Crippen molar-refractivity contribution in [1.29, 1.82) is 0 Å². The Labute approximate surface area is 187 Å². The number of amides is 4. The number of nitrogens with one attached hydrogen (secondary N) is 3. The molecule has 3 heterocycles. The molecule has 32 heavy (non-hydrogen) atoms. The Bertz CT molecular complexity index is 965. The molecular weight excluding hydrogens is 408 g/mol. The number of hydrogen-bond acceptors (Lipinski definition) is 6. The number of nitrogens with zero attached hydrogens (tertiary/aromatic N) is 1. The fourth-order valence-electron chi connectivity index (χ4n) is 5.76. The van der Waals surface area contributed by atoms with Gasteiger partial charge in [0.2, 0.25) is 11.8 Å². The molecule has 3 fully saturated rings. The van der Waals surface area contributed by atoms with Gasteiger partial charge < -0.3 is 10.6 Å². The first-order chi connectivity index (χ1) is 15.5. The standard InChI is InChI=1S/C24H30N4O4/c29-20-7-6-19(21(30)27-20)28-22(31)17-5-4-15(12-18(17)23(28)32)13-26-14-24(16-2-1-3-16)8-10-25-11-9-24/h4-5,12,16,19,25-26H,1-3,6-11,13-14H2,(H,27,29,30). The molecule has 3 aliphatic heterocycles. The van der Waals surface area contributed by atoms with E-state index in [-0.39, 0.29) is 18.7 Å². The number of imide groups is 2. The highest BCUT2D eigenvalue weighted by atomic mass is 16.2. The molecule has 8 nitrogen and oxygen atoms in total. The number of rotatable bonds is 6. The first kappa shape index (κ1) is 21.3. The van der Waals surface area contributed by atoms with E-state index in [2.05, 4.69) is 16.0 Å². The largest absolute Gasteiger partial charge is 0.317 e. The first-order valence-electron chi connectivity index (χ1n) is 11.7. The van der Waals surface area contributed by atoms with Gasteiger partial charge >= 0.3 is 0 Å². The van der Waals surface area contributed by atoms with E-state index in [1.54, 1.807) is 12.1 Å². The molecule has 1 unspecified atom stereocenters. The van der Waals surface area contributed by atoms with E-state index in [0.717, 1.165) is 36.0 Å². The maximum Gasteiger partial charge on any atom is 0.262 e. The zero-order valence-electron chi connectivity index (χ0n) is 18.2. The summed E-state index contributed by atoms with van der Waals surface area (Å²) in [6, 6.07) is 4.41. The Balaban J connectivity index is 1.26. The van der Waals surface area contributed by atoms with E-state index in [0.29, 0.717) is 23.1 Å². The highest BCUT2D eigenvalue weighted by Gasteiger charge is 2.45. The van der Waals surface area contributed by atoms with Gasteiger partial charge in [-0.15, -0.1) is 0 Å². The van der Waals surface area contributed by atoms with Gasteiger partial charge in [-0.2, -0.15) is 0 Å². The summed E-state index contributed by atoms with van der Waals surface area (Å²) >= 11 is 0. The summed E-state index contributed by atoms with van der Waals surface area (Å²) in [5, 5.41) is 9.33. The lowest BCUT2D eigenvalue weighted by molar-refractivity contribution is -0.136. The van der Waals surface area contributed by atoms with Crippen molar-refractivity contribution in [3.8, 4) is 0 Å². The molecule has 2 saturated heterocycles. The lowest BCUT2D eigenvalue weighted by Gasteiger charge is -2.48. The van der Waals surface area contributed by atoms with Crippen LogP contribution in [0.2, 0.25) is 0 Å². The average Bonchev–Trinajstić information content (AvgIpc) is 2.98. The number of fused-ring (bicyclic) bond motifs is 1. The molecule has 1 aliphatic carbocycles. The second-order valence-electron chi connectivity index (χ2n) is 9.67. The number of carbonyl (C=O) groups excluding carboxylic acids is 4. The monoisotopic (exact) mass is 438 g/mol. The fourth-order valence-corrected chi connectivity index (χ4v) is 5.76. The average molecular weight is 439 g/mol. The zero-order valence-corrected chi connectivity index (χ0v) is 18.2. The van der Waals surface area contributed by atoms with Crippen molar-refractivity contribution < 1.29 is 19.2 Å². The van der Waals surface area contributed by atoms with Gasteiger partial charge in [-0.3, -0.25) is 29.4 Å². The van der Waals surface area contributed by atoms with E-state index in [1.807, 2.05) is 6.07 Å². The van der Waals surface area contributed by atoms with Crippen LogP contribution in [-0.4, -0.2) is 54.2 Å². The Morgan fingerprint density at radius 1 is 1.00 bits per heavy atom. The second kappa shape index (κ2) is 8.41. The Morgan fingerprint density at radius 3 is 2.44 bits per heavy atom. The summed E-state index contributed by atoms with van der Waals surface area (Å²) in [6.07, 6.45) is 6.68. The van der Waals surface area contributed by atoms with Crippen molar-refractivity contribution in [3.05, 3.63) is 34.9 Å². The van der Waals surface area contributed by atoms with Crippen LogP contribution in [0.5, 0.6) is 0 Å². The molecule has 4 aliphatic rings. The molecule has 4 amide bonds. The van der Waals surface area contributed by atoms with Crippen molar-refractivity contribution in [1.82, 2.24) is 20.9 Å². The molecular formula is C24H30N4O4. The molecule has 1 atom stereocenters. The molecule has 8 heteroatoms. The third-order valence-corrected chi connectivity index (χ3v) is 7.88. The maximum absolute atomic E-state index is 13.0. The van der Waals surface area contributed by atoms with Gasteiger partial charge in [0.25, 0.3) is 11.8 Å². The first-order valence-corrected chi connectivity index (χ1v) is 11.7. The van der Waals surface area contributed by atoms with Crippen LogP contribution in [0, 0.1) is 11.3 Å². The van der Waals surface area contributed by atoms with Crippen LogP contribution in [0.3, 0.4) is 0 Å². The van der Waals surface area contributed by atoms with Gasteiger partial charge in [-0.25, -0.2) is 0 Å². The van der Waals surface area contributed by atoms with Crippen LogP contribution >= 0.6 is 0 Å². The van der Waals surface area contributed by atoms with Crippen molar-refractivity contribution in [2.75, 3.05) is 19.6 Å². The molecule has 1 aromatic rings. The third-order valence-electron chi connectivity index (χ3n) is 7.88. The third kappa shape index (κ3) is 3.65. The normalized spacial score (nSPS) is 25.5. The van der Waals surface area contributed by atoms with Gasteiger partial charge in [0, 0.05) is 19.5 Å². The summed E-state index contributed by atoms with van der Waals surface area (Å²) in [5.74, 6) is -1.06. The minimum absolute atomic E-state index is 0.122. The summed E-state index contributed by atoms with van der Waals surface area (Å²) in [5.41, 5.74) is 1.98. The van der Waals surface area contributed by atoms with Crippen LogP contribution in [0.15, 0.2) is 18.2 Å². The predicted octanol–water partition coefficient (Wildman–Crippen LogP) is 1.35. The number of benzene rings is 1. The highest BCUT2D eigenvalue weighted by Crippen LogP contribution is 2.47. The Hall–Kier alpha value is -2.58. The van der Waals surface area contributed by atoms with E-state index < -0.39 is 23.8 Å². The maximum atomic E-state index is 13.0. The SMILES string of the molecule is O=C1CCC(N2C(=O)c3ccc(CNCC4(C5CCC5)CCNCC4)cc3C2=O)C(=O)N1. The van der Waals surface area contributed by atoms with Crippen molar-refractivity contribution in [2.24, 2.45) is 11.3 Å². The summed E-state index contributed by atoms with van der Waals surface area (Å²) in [6.45, 7) is 3.74. The Kier molecular flexibility index (Phi) is 5.59. The highest BCUT2D eigenvalue weighted by molar-refractivity contribution is 6.23. The van der Waals surface area contributed by atoms with Gasteiger partial charge in [0.15, 0.2) is 0 Å². The number of hydrogen-bond donors (Lipinski definition) is 3. The molecule has 170 valence electrons. The lowest BCUT2D eigenvalue weighted by atomic mass is 9.61. The molecule has 3 N–H and O–H groups in total. The van der Waals surface area contributed by atoms with Crippen molar-refractivity contribution in [3.63, 3.8) is 0 Å². The fraction of sp³-hybridized carbons (Fsp3) is 0.583. The van der Waals surface area contributed by atoms with Crippen LogP contribution in [0.1, 0.15) is 71.2 Å². The van der Waals surface area contributed by atoms with Gasteiger partial charge in [0.1, 0.15) is 6.04 Å². The molecule has 5 rings (SSSR count). The van der Waals surface area contributed by atoms with Crippen molar-refractivity contribution in [2.45, 2.75) is 57.5 Å². The molecule has 0 bridgehead atoms. The topological polar surface area (TPSA) is 108 Å². The van der Waals surface area contributed by atoms with Crippen LogP contribution in [0.4, 0.5) is 0 Å². The van der Waals surface area contributed by atoms with Gasteiger partial charge in [-0.1, -0.05) is 12.5 Å². The second-order valence-corrected chi connectivity index (χ2v) is 9.67. The molecule has 1 aromatic carbocycles. The van der Waals surface area contributed by atoms with E-state index in [4.69, 9.17) is 0 Å². The molecule has 0 aromatic heterocycles. The quantitative estimate of drug-likeness (QED) is 0.579. The minimum atomic E-state index is -0.927. The predicted molar refractivity (Wildman–Crippen MR) is 117 cm³/mol. The minimum Gasteiger partial charge on any atom is -0.317 e. The van der Waals surface area contributed by atoms with E-state index in [1.165, 1.54) is 32.1 Å². The summed E-state index contributed by atoms with van der Waals surface area (Å²) in [7, 11) is 0. The number of piperidine rings is 2. The molecule has 0 spiro atoms. The zero-order chi connectivity index (χ0) is 22.3. The number of carbonyl (C=O) groups is 4. The van der Waals surface area contributed by atoms with Crippen molar-refractivity contribution >= 4 is 23.6 Å². The smallest absolute Gasteiger partial charge is 0.262 e. The summed E-state index contributed by atoms with van der Waals surface area (Å²) in [4.78, 5) is 50.5.